The van der Waals surface area contributed by atoms with E-state index in [0.29, 0.717) is 6.04 Å². The van der Waals surface area contributed by atoms with Crippen LogP contribution in [0, 0.1) is 23.7 Å². The van der Waals surface area contributed by atoms with Crippen LogP contribution in [0.15, 0.2) is 0 Å². The topological polar surface area (TPSA) is 52.6 Å². The highest BCUT2D eigenvalue weighted by atomic mass is 16.4. The van der Waals surface area contributed by atoms with Crippen LogP contribution in [0.1, 0.15) is 90.4 Å². The number of carbonyl (C=O) groups is 1. The summed E-state index contributed by atoms with van der Waals surface area (Å²) in [6.45, 7) is 2.45. The van der Waals surface area contributed by atoms with E-state index in [1.807, 2.05) is 11.9 Å². The van der Waals surface area contributed by atoms with Gasteiger partial charge in [0.1, 0.15) is 0 Å². The molecular weight excluding hydrogens is 336 g/mol. The van der Waals surface area contributed by atoms with Gasteiger partial charge in [0.25, 0.3) is 0 Å². The van der Waals surface area contributed by atoms with Crippen LogP contribution >= 0.6 is 0 Å². The van der Waals surface area contributed by atoms with Crippen LogP contribution in [0.2, 0.25) is 0 Å². The monoisotopic (exact) mass is 378 g/mol. The number of likely N-dealkylation sites (N-methyl/N-ethyl adjacent to an activating group) is 1. The third-order valence-corrected chi connectivity index (χ3v) is 7.85. The number of fused-ring (bicyclic) bond motifs is 1. The SMILES string of the molecule is CCCCCC1CCC2NC(N(C)CC(=O)O)CC(C3CCCCC3)C2C1. The lowest BCUT2D eigenvalue weighted by atomic mass is 9.62. The highest BCUT2D eigenvalue weighted by Gasteiger charge is 2.44. The van der Waals surface area contributed by atoms with Crippen LogP contribution in [0.25, 0.3) is 0 Å². The van der Waals surface area contributed by atoms with E-state index in [1.165, 1.54) is 77.0 Å². The van der Waals surface area contributed by atoms with E-state index in [9.17, 15) is 9.90 Å². The maximum Gasteiger partial charge on any atom is 0.317 e. The molecule has 2 aliphatic carbocycles. The molecule has 0 spiro atoms. The largest absolute Gasteiger partial charge is 0.480 e. The summed E-state index contributed by atoms with van der Waals surface area (Å²) in [5.74, 6) is 2.72. The normalized spacial score (nSPS) is 35.1. The molecule has 5 atom stereocenters. The van der Waals surface area contributed by atoms with Gasteiger partial charge in [-0.15, -0.1) is 0 Å². The molecule has 0 aromatic rings. The predicted octanol–water partition coefficient (Wildman–Crippen LogP) is 4.88. The number of nitrogens with one attached hydrogen (secondary N) is 1. The molecule has 5 unspecified atom stereocenters. The molecule has 4 heteroatoms. The van der Waals surface area contributed by atoms with Crippen LogP contribution in [0.5, 0.6) is 0 Å². The van der Waals surface area contributed by atoms with Crippen molar-refractivity contribution >= 4 is 5.97 Å². The second kappa shape index (κ2) is 10.2. The molecule has 3 rings (SSSR count). The smallest absolute Gasteiger partial charge is 0.317 e. The summed E-state index contributed by atoms with van der Waals surface area (Å²) >= 11 is 0. The predicted molar refractivity (Wildman–Crippen MR) is 111 cm³/mol. The Morgan fingerprint density at radius 3 is 2.52 bits per heavy atom. The summed E-state index contributed by atoms with van der Waals surface area (Å²) in [5, 5.41) is 13.1. The maximum atomic E-state index is 11.2. The molecular formula is C23H42N2O2. The molecule has 3 fully saturated rings. The number of carboxylic acid groups (broad SMARTS) is 1. The first-order valence-electron chi connectivity index (χ1n) is 11.8. The summed E-state index contributed by atoms with van der Waals surface area (Å²) in [6, 6.07) is 0.606. The lowest BCUT2D eigenvalue weighted by Gasteiger charge is -2.52. The van der Waals surface area contributed by atoms with Gasteiger partial charge in [-0.25, -0.2) is 0 Å². The summed E-state index contributed by atoms with van der Waals surface area (Å²) in [4.78, 5) is 13.3. The van der Waals surface area contributed by atoms with E-state index in [4.69, 9.17) is 0 Å². The number of aliphatic carboxylic acids is 1. The highest BCUT2D eigenvalue weighted by molar-refractivity contribution is 5.69. The number of piperidine rings is 1. The van der Waals surface area contributed by atoms with E-state index in [-0.39, 0.29) is 12.7 Å². The van der Waals surface area contributed by atoms with Crippen molar-refractivity contribution in [3.05, 3.63) is 0 Å². The van der Waals surface area contributed by atoms with E-state index in [0.717, 1.165) is 30.1 Å². The first kappa shape index (κ1) is 21.1. The zero-order chi connectivity index (χ0) is 19.2. The molecule has 0 radical (unpaired) electrons. The van der Waals surface area contributed by atoms with Crippen molar-refractivity contribution in [2.24, 2.45) is 23.7 Å². The van der Waals surface area contributed by atoms with Crippen LogP contribution in [-0.2, 0) is 4.79 Å². The molecule has 2 N–H and O–H groups in total. The number of nitrogens with zero attached hydrogens (tertiary/aromatic N) is 1. The molecule has 0 aromatic carbocycles. The van der Waals surface area contributed by atoms with Crippen molar-refractivity contribution in [2.45, 2.75) is 103 Å². The molecule has 4 nitrogen and oxygen atoms in total. The molecule has 27 heavy (non-hydrogen) atoms. The van der Waals surface area contributed by atoms with Gasteiger partial charge in [0.15, 0.2) is 0 Å². The Kier molecular flexibility index (Phi) is 8.01. The summed E-state index contributed by atoms with van der Waals surface area (Å²) in [7, 11) is 1.99. The molecule has 1 aliphatic heterocycles. The number of rotatable bonds is 8. The Balaban J connectivity index is 1.67. The molecule has 1 heterocycles. The minimum atomic E-state index is -0.713. The Bertz CT molecular complexity index is 463. The second-order valence-corrected chi connectivity index (χ2v) is 9.73. The van der Waals surface area contributed by atoms with Gasteiger partial charge in [-0.1, -0.05) is 64.7 Å². The highest BCUT2D eigenvalue weighted by Crippen LogP contribution is 2.47. The van der Waals surface area contributed by atoms with Crippen LogP contribution < -0.4 is 5.32 Å². The standard InChI is InChI=1S/C23H42N2O2/c1-3-4-6-9-17-12-13-21-20(14-17)19(18-10-7-5-8-11-18)15-22(24-21)25(2)16-23(26)27/h17-22,24H,3-16H2,1-2H3,(H,26,27). The zero-order valence-corrected chi connectivity index (χ0v) is 17.7. The number of unbranched alkanes of at least 4 members (excludes halogenated alkanes) is 2. The van der Waals surface area contributed by atoms with Gasteiger partial charge < -0.3 is 5.11 Å². The molecule has 0 bridgehead atoms. The second-order valence-electron chi connectivity index (χ2n) is 9.73. The van der Waals surface area contributed by atoms with Gasteiger partial charge in [0, 0.05) is 6.04 Å². The van der Waals surface area contributed by atoms with Gasteiger partial charge in [-0.05, 0) is 56.4 Å². The minimum absolute atomic E-state index is 0.145. The first-order chi connectivity index (χ1) is 13.1. The van der Waals surface area contributed by atoms with Gasteiger partial charge in [0.05, 0.1) is 12.7 Å². The fourth-order valence-corrected chi connectivity index (χ4v) is 6.40. The summed E-state index contributed by atoms with van der Waals surface area (Å²) in [6.07, 6.45) is 18.0. The van der Waals surface area contributed by atoms with Gasteiger partial charge in [-0.2, -0.15) is 0 Å². The number of hydrogen-bond acceptors (Lipinski definition) is 3. The third kappa shape index (κ3) is 5.69. The van der Waals surface area contributed by atoms with E-state index in [1.54, 1.807) is 0 Å². The molecule has 2 saturated carbocycles. The van der Waals surface area contributed by atoms with Crippen LogP contribution in [0.3, 0.4) is 0 Å². The molecule has 0 amide bonds. The fourth-order valence-electron chi connectivity index (χ4n) is 6.40. The molecule has 156 valence electrons. The molecule has 0 aromatic heterocycles. The van der Waals surface area contributed by atoms with Gasteiger partial charge >= 0.3 is 5.97 Å². The Morgan fingerprint density at radius 2 is 1.81 bits per heavy atom. The van der Waals surface area contributed by atoms with Crippen molar-refractivity contribution < 1.29 is 9.90 Å². The van der Waals surface area contributed by atoms with Crippen LogP contribution in [-0.4, -0.2) is 41.8 Å². The van der Waals surface area contributed by atoms with Crippen molar-refractivity contribution in [2.75, 3.05) is 13.6 Å². The van der Waals surface area contributed by atoms with Gasteiger partial charge in [-0.3, -0.25) is 15.0 Å². The van der Waals surface area contributed by atoms with E-state index < -0.39 is 5.97 Å². The Hall–Kier alpha value is -0.610. The quantitative estimate of drug-likeness (QED) is 0.591. The first-order valence-corrected chi connectivity index (χ1v) is 11.8. The lowest BCUT2D eigenvalue weighted by molar-refractivity contribution is -0.139. The average molecular weight is 379 g/mol. The van der Waals surface area contributed by atoms with Crippen molar-refractivity contribution in [3.8, 4) is 0 Å². The maximum absolute atomic E-state index is 11.2. The minimum Gasteiger partial charge on any atom is -0.480 e. The van der Waals surface area contributed by atoms with E-state index in [2.05, 4.69) is 12.2 Å². The Morgan fingerprint density at radius 1 is 1.04 bits per heavy atom. The van der Waals surface area contributed by atoms with E-state index >= 15 is 0 Å². The van der Waals surface area contributed by atoms with Crippen LogP contribution in [0.4, 0.5) is 0 Å². The van der Waals surface area contributed by atoms with Crippen molar-refractivity contribution in [3.63, 3.8) is 0 Å². The number of hydrogen-bond donors (Lipinski definition) is 2. The third-order valence-electron chi connectivity index (χ3n) is 7.85. The lowest BCUT2D eigenvalue weighted by Crippen LogP contribution is -2.60. The Labute approximate surface area is 166 Å². The summed E-state index contributed by atoms with van der Waals surface area (Å²) < 4.78 is 0. The molecule has 1 saturated heterocycles. The molecule has 3 aliphatic rings. The number of carboxylic acids is 1. The fraction of sp³-hybridized carbons (Fsp3) is 0.957. The zero-order valence-electron chi connectivity index (χ0n) is 17.7. The average Bonchev–Trinajstić information content (AvgIpc) is 2.67. The van der Waals surface area contributed by atoms with Gasteiger partial charge in [0.2, 0.25) is 0 Å². The van der Waals surface area contributed by atoms with Crippen molar-refractivity contribution in [1.29, 1.82) is 0 Å². The van der Waals surface area contributed by atoms with Crippen molar-refractivity contribution in [1.82, 2.24) is 10.2 Å². The summed E-state index contributed by atoms with van der Waals surface area (Å²) in [5.41, 5.74) is 0.